The van der Waals surface area contributed by atoms with E-state index < -0.39 is 6.03 Å². The molecule has 2 aliphatic heterocycles. The Morgan fingerprint density at radius 3 is 2.49 bits per heavy atom. The molecule has 0 spiro atoms. The lowest BCUT2D eigenvalue weighted by atomic mass is 10.1. The molecule has 0 aliphatic carbocycles. The Balaban J connectivity index is 1.54. The predicted molar refractivity (Wildman–Crippen MR) is 168 cm³/mol. The lowest BCUT2D eigenvalue weighted by Crippen LogP contribution is -2.53. The maximum absolute atomic E-state index is 14.4. The number of nitrogens with one attached hydrogen (secondary N) is 1. The number of likely N-dealkylation sites (tertiary alicyclic amines) is 1. The number of amides is 3. The third-order valence-corrected chi connectivity index (χ3v) is 7.99. The van der Waals surface area contributed by atoms with E-state index in [2.05, 4.69) is 10.3 Å². The minimum absolute atomic E-state index is 0.106. The summed E-state index contributed by atoms with van der Waals surface area (Å²) < 4.78 is 10.9. The molecule has 0 saturated carbocycles. The van der Waals surface area contributed by atoms with Gasteiger partial charge in [0.25, 0.3) is 0 Å². The zero-order valence-corrected chi connectivity index (χ0v) is 25.9. The summed E-state index contributed by atoms with van der Waals surface area (Å²) in [4.78, 5) is 43.5. The first kappa shape index (κ1) is 30.4. The van der Waals surface area contributed by atoms with Gasteiger partial charge in [-0.1, -0.05) is 47.5 Å². The first-order chi connectivity index (χ1) is 20.7. The summed E-state index contributed by atoms with van der Waals surface area (Å²) in [6, 6.07) is 10.4. The number of para-hydroxylation sites is 1. The van der Waals surface area contributed by atoms with E-state index >= 15 is 0 Å². The van der Waals surface area contributed by atoms with Gasteiger partial charge in [0.15, 0.2) is 0 Å². The number of methoxy groups -OCH3 is 2. The summed E-state index contributed by atoms with van der Waals surface area (Å²) in [5, 5.41) is 3.54. The molecule has 3 amide bonds. The fourth-order valence-corrected chi connectivity index (χ4v) is 5.83. The van der Waals surface area contributed by atoms with Crippen LogP contribution in [0.15, 0.2) is 54.7 Å². The van der Waals surface area contributed by atoms with Crippen LogP contribution in [0.3, 0.4) is 0 Å². The van der Waals surface area contributed by atoms with Crippen molar-refractivity contribution in [1.82, 2.24) is 19.8 Å². The molecule has 0 bridgehead atoms. The number of halogens is 2. The molecule has 1 fully saturated rings. The van der Waals surface area contributed by atoms with Gasteiger partial charge in [0.1, 0.15) is 27.4 Å². The maximum Gasteiger partial charge on any atom is 0.330 e. The van der Waals surface area contributed by atoms with E-state index in [1.807, 2.05) is 55.4 Å². The Hall–Kier alpha value is -4.06. The highest BCUT2D eigenvalue weighted by atomic mass is 35.5. The molecule has 13 heteroatoms. The SMILES string of the molecule is COc1cc(OC)c(Cl)c(N2Cc3cnc(Nc4ccccc4)nc3N(C3CCN(C(=O)/C=C/CN(C)C)C3)C2=O)c1Cl. The third kappa shape index (κ3) is 6.34. The van der Waals surface area contributed by atoms with Gasteiger partial charge in [-0.15, -0.1) is 0 Å². The monoisotopic (exact) mass is 625 g/mol. The molecule has 1 saturated heterocycles. The fourth-order valence-electron chi connectivity index (χ4n) is 5.12. The smallest absolute Gasteiger partial charge is 0.330 e. The first-order valence-electron chi connectivity index (χ1n) is 13.7. The van der Waals surface area contributed by atoms with Gasteiger partial charge in [-0.2, -0.15) is 4.98 Å². The highest BCUT2D eigenvalue weighted by molar-refractivity contribution is 6.42. The van der Waals surface area contributed by atoms with E-state index in [-0.39, 0.29) is 34.2 Å². The fraction of sp³-hybridized carbons (Fsp3) is 0.333. The number of benzene rings is 2. The summed E-state index contributed by atoms with van der Waals surface area (Å²) in [5.41, 5.74) is 1.74. The second kappa shape index (κ2) is 13.1. The van der Waals surface area contributed by atoms with Gasteiger partial charge >= 0.3 is 6.03 Å². The predicted octanol–water partition coefficient (Wildman–Crippen LogP) is 5.21. The minimum atomic E-state index is -0.390. The molecule has 0 radical (unpaired) electrons. The van der Waals surface area contributed by atoms with Gasteiger partial charge in [0.2, 0.25) is 11.9 Å². The number of ether oxygens (including phenoxy) is 2. The highest BCUT2D eigenvalue weighted by Crippen LogP contribution is 2.48. The van der Waals surface area contributed by atoms with Crippen LogP contribution in [0.5, 0.6) is 11.5 Å². The molecular weight excluding hydrogens is 593 g/mol. The van der Waals surface area contributed by atoms with E-state index in [9.17, 15) is 9.59 Å². The quantitative estimate of drug-likeness (QED) is 0.323. The number of rotatable bonds is 9. The molecule has 3 aromatic rings. The van der Waals surface area contributed by atoms with Gasteiger partial charge < -0.3 is 24.6 Å². The molecular formula is C30H33Cl2N7O4. The molecule has 1 atom stereocenters. The molecule has 43 heavy (non-hydrogen) atoms. The van der Waals surface area contributed by atoms with E-state index in [4.69, 9.17) is 37.7 Å². The van der Waals surface area contributed by atoms with Crippen LogP contribution in [-0.2, 0) is 11.3 Å². The largest absolute Gasteiger partial charge is 0.495 e. The van der Waals surface area contributed by atoms with Crippen LogP contribution in [0, 0.1) is 0 Å². The maximum atomic E-state index is 14.4. The van der Waals surface area contributed by atoms with Gasteiger partial charge in [-0.3, -0.25) is 14.6 Å². The lowest BCUT2D eigenvalue weighted by molar-refractivity contribution is -0.125. The average Bonchev–Trinajstić information content (AvgIpc) is 3.48. The highest BCUT2D eigenvalue weighted by Gasteiger charge is 2.42. The molecule has 226 valence electrons. The summed E-state index contributed by atoms with van der Waals surface area (Å²) in [6.45, 7) is 1.58. The lowest BCUT2D eigenvalue weighted by Gasteiger charge is -2.39. The van der Waals surface area contributed by atoms with Crippen LogP contribution in [-0.4, -0.2) is 85.7 Å². The number of hydrogen-bond acceptors (Lipinski definition) is 8. The summed E-state index contributed by atoms with van der Waals surface area (Å²) in [7, 11) is 6.82. The van der Waals surface area contributed by atoms with Crippen molar-refractivity contribution in [3.63, 3.8) is 0 Å². The van der Waals surface area contributed by atoms with Crippen LogP contribution in [0.4, 0.5) is 27.9 Å². The molecule has 1 unspecified atom stereocenters. The Morgan fingerprint density at radius 2 is 1.84 bits per heavy atom. The van der Waals surface area contributed by atoms with Crippen molar-refractivity contribution in [1.29, 1.82) is 0 Å². The Bertz CT molecular complexity index is 1510. The van der Waals surface area contributed by atoms with E-state index in [1.54, 1.807) is 28.1 Å². The number of urea groups is 1. The van der Waals surface area contributed by atoms with E-state index in [1.165, 1.54) is 19.1 Å². The van der Waals surface area contributed by atoms with Gasteiger partial charge in [-0.05, 0) is 32.6 Å². The van der Waals surface area contributed by atoms with Crippen LogP contribution in [0.25, 0.3) is 0 Å². The Labute approximate surface area is 260 Å². The summed E-state index contributed by atoms with van der Waals surface area (Å²) in [5.74, 6) is 1.31. The number of anilines is 4. The second-order valence-corrected chi connectivity index (χ2v) is 11.2. The Kier molecular flexibility index (Phi) is 9.24. The summed E-state index contributed by atoms with van der Waals surface area (Å²) >= 11 is 13.5. The van der Waals surface area contributed by atoms with Gasteiger partial charge in [0.05, 0.1) is 32.5 Å². The first-order valence-corrected chi connectivity index (χ1v) is 14.5. The van der Waals surface area contributed by atoms with Gasteiger partial charge in [-0.25, -0.2) is 9.78 Å². The van der Waals surface area contributed by atoms with Crippen LogP contribution >= 0.6 is 23.2 Å². The number of carbonyl (C=O) groups is 2. The molecule has 1 N–H and O–H groups in total. The molecule has 2 aromatic carbocycles. The van der Waals surface area contributed by atoms with Crippen molar-refractivity contribution in [3.8, 4) is 11.5 Å². The molecule has 2 aliphatic rings. The zero-order chi connectivity index (χ0) is 30.7. The standard InChI is InChI=1S/C30H33Cl2N7O4/c1-36(2)13-8-11-24(40)37-14-12-21(18-37)39-28-19(16-33-29(35-28)34-20-9-6-5-7-10-20)17-38(30(39)41)27-25(31)22(42-3)15-23(43-4)26(27)32/h5-11,15-16,21H,12-14,17-18H2,1-4H3,(H,33,34,35)/b11-8+. The second-order valence-electron chi connectivity index (χ2n) is 10.4. The van der Waals surface area contributed by atoms with Crippen molar-refractivity contribution in [3.05, 3.63) is 70.4 Å². The number of carbonyl (C=O) groups excluding carboxylic acids is 2. The van der Waals surface area contributed by atoms with Crippen LogP contribution < -0.4 is 24.6 Å². The van der Waals surface area contributed by atoms with Crippen molar-refractivity contribution < 1.29 is 19.1 Å². The summed E-state index contributed by atoms with van der Waals surface area (Å²) in [6.07, 6.45) is 5.64. The van der Waals surface area contributed by atoms with Crippen molar-refractivity contribution in [2.24, 2.45) is 0 Å². The number of hydrogen-bond donors (Lipinski definition) is 1. The normalized spacial score (nSPS) is 16.7. The van der Waals surface area contributed by atoms with Crippen molar-refractivity contribution >= 4 is 58.3 Å². The van der Waals surface area contributed by atoms with Crippen LogP contribution in [0.2, 0.25) is 10.0 Å². The number of nitrogens with zero attached hydrogens (tertiary/aromatic N) is 6. The molecule has 5 rings (SSSR count). The van der Waals surface area contributed by atoms with Crippen LogP contribution in [0.1, 0.15) is 12.0 Å². The number of aromatic nitrogens is 2. The zero-order valence-electron chi connectivity index (χ0n) is 24.4. The van der Waals surface area contributed by atoms with Gasteiger partial charge in [0, 0.05) is 49.2 Å². The average molecular weight is 627 g/mol. The van der Waals surface area contributed by atoms with E-state index in [0.29, 0.717) is 54.9 Å². The molecule has 1 aromatic heterocycles. The topological polar surface area (TPSA) is 103 Å². The number of likely N-dealkylation sites (N-methyl/N-ethyl adjacent to an activating group) is 1. The minimum Gasteiger partial charge on any atom is -0.495 e. The Morgan fingerprint density at radius 1 is 1.14 bits per heavy atom. The third-order valence-electron chi connectivity index (χ3n) is 7.26. The molecule has 11 nitrogen and oxygen atoms in total. The molecule has 3 heterocycles. The van der Waals surface area contributed by atoms with Crippen molar-refractivity contribution in [2.75, 3.05) is 63.1 Å². The van der Waals surface area contributed by atoms with E-state index in [0.717, 1.165) is 5.69 Å². The van der Waals surface area contributed by atoms with Crippen molar-refractivity contribution in [2.45, 2.75) is 19.0 Å². The number of fused-ring (bicyclic) bond motifs is 1.